The molecule has 2 aromatic rings. The van der Waals surface area contributed by atoms with Gasteiger partial charge in [-0.2, -0.15) is 0 Å². The van der Waals surface area contributed by atoms with Gasteiger partial charge in [0.25, 0.3) is 0 Å². The maximum Gasteiger partial charge on any atom is 0.225 e. The first-order valence-corrected chi connectivity index (χ1v) is 9.63. The van der Waals surface area contributed by atoms with Crippen molar-refractivity contribution in [1.29, 1.82) is 0 Å². The van der Waals surface area contributed by atoms with Crippen LogP contribution in [0.5, 0.6) is 0 Å². The summed E-state index contributed by atoms with van der Waals surface area (Å²) in [5.41, 5.74) is 1.37. The highest BCUT2D eigenvalue weighted by Gasteiger charge is 2.35. The highest BCUT2D eigenvalue weighted by molar-refractivity contribution is 5.83. The van der Waals surface area contributed by atoms with Gasteiger partial charge in [0, 0.05) is 31.1 Å². The quantitative estimate of drug-likeness (QED) is 0.834. The van der Waals surface area contributed by atoms with Gasteiger partial charge in [-0.25, -0.2) is 0 Å². The summed E-state index contributed by atoms with van der Waals surface area (Å²) < 4.78 is 0. The Morgan fingerprint density at radius 1 is 1.04 bits per heavy atom. The van der Waals surface area contributed by atoms with E-state index in [1.165, 1.54) is 16.3 Å². The molecule has 0 radical (unpaired) electrons. The molecular formula is C22H28N2O. The van der Waals surface area contributed by atoms with Crippen molar-refractivity contribution in [3.63, 3.8) is 0 Å². The number of rotatable bonds is 4. The second-order valence-electron chi connectivity index (χ2n) is 7.78. The van der Waals surface area contributed by atoms with Crippen molar-refractivity contribution < 1.29 is 4.79 Å². The molecule has 1 saturated heterocycles. The van der Waals surface area contributed by atoms with Gasteiger partial charge in [0.15, 0.2) is 0 Å². The predicted molar refractivity (Wildman–Crippen MR) is 102 cm³/mol. The molecule has 1 atom stereocenters. The van der Waals surface area contributed by atoms with Crippen LogP contribution in [0.3, 0.4) is 0 Å². The Labute approximate surface area is 150 Å². The van der Waals surface area contributed by atoms with Crippen molar-refractivity contribution in [1.82, 2.24) is 9.80 Å². The summed E-state index contributed by atoms with van der Waals surface area (Å²) in [6.07, 6.45) is 4.40. The van der Waals surface area contributed by atoms with Crippen molar-refractivity contribution in [2.24, 2.45) is 5.92 Å². The van der Waals surface area contributed by atoms with Gasteiger partial charge >= 0.3 is 0 Å². The number of piperidine rings is 1. The third kappa shape index (κ3) is 3.43. The monoisotopic (exact) mass is 336 g/mol. The third-order valence-corrected chi connectivity index (χ3v) is 6.15. The lowest BCUT2D eigenvalue weighted by Gasteiger charge is -2.39. The minimum Gasteiger partial charge on any atom is -0.342 e. The van der Waals surface area contributed by atoms with Crippen molar-refractivity contribution in [3.8, 4) is 0 Å². The van der Waals surface area contributed by atoms with Crippen LogP contribution in [0, 0.1) is 5.92 Å². The fourth-order valence-electron chi connectivity index (χ4n) is 4.10. The maximum atomic E-state index is 12.2. The molecule has 2 fully saturated rings. The smallest absolute Gasteiger partial charge is 0.225 e. The summed E-state index contributed by atoms with van der Waals surface area (Å²) in [6, 6.07) is 16.3. The molecule has 2 aromatic carbocycles. The summed E-state index contributed by atoms with van der Waals surface area (Å²) in [4.78, 5) is 16.8. The molecule has 3 heteroatoms. The van der Waals surface area contributed by atoms with E-state index in [0.29, 0.717) is 23.9 Å². The molecule has 0 bridgehead atoms. The van der Waals surface area contributed by atoms with Crippen LogP contribution in [0.2, 0.25) is 0 Å². The largest absolute Gasteiger partial charge is 0.342 e. The number of hydrogen-bond donors (Lipinski definition) is 0. The molecule has 0 N–H and O–H groups in total. The SMILES string of the molecule is C[C@H](c1ccc2ccccc2c1)N(C)C1CCN(C(=O)C2CC2)CC1. The normalized spacial score (nSPS) is 20.2. The average molecular weight is 336 g/mol. The highest BCUT2D eigenvalue weighted by Crippen LogP contribution is 2.33. The predicted octanol–water partition coefficient (Wildman–Crippen LogP) is 4.23. The summed E-state index contributed by atoms with van der Waals surface area (Å²) in [6.45, 7) is 4.15. The Kier molecular flexibility index (Phi) is 4.51. The van der Waals surface area contributed by atoms with Crippen LogP contribution in [0.1, 0.15) is 44.2 Å². The van der Waals surface area contributed by atoms with Crippen molar-refractivity contribution in [2.75, 3.05) is 20.1 Å². The van der Waals surface area contributed by atoms with Crippen LogP contribution in [0.15, 0.2) is 42.5 Å². The van der Waals surface area contributed by atoms with Crippen LogP contribution in [-0.2, 0) is 4.79 Å². The number of amides is 1. The summed E-state index contributed by atoms with van der Waals surface area (Å²) in [7, 11) is 2.24. The summed E-state index contributed by atoms with van der Waals surface area (Å²) in [5, 5.41) is 2.61. The minimum absolute atomic E-state index is 0.353. The van der Waals surface area contributed by atoms with E-state index < -0.39 is 0 Å². The molecular weight excluding hydrogens is 308 g/mol. The Morgan fingerprint density at radius 2 is 1.72 bits per heavy atom. The summed E-state index contributed by atoms with van der Waals surface area (Å²) >= 11 is 0. The van der Waals surface area contributed by atoms with E-state index in [-0.39, 0.29) is 0 Å². The highest BCUT2D eigenvalue weighted by atomic mass is 16.2. The lowest BCUT2D eigenvalue weighted by molar-refractivity contribution is -0.134. The van der Waals surface area contributed by atoms with E-state index in [2.05, 4.69) is 66.2 Å². The molecule has 1 saturated carbocycles. The number of fused-ring (bicyclic) bond motifs is 1. The Bertz CT molecular complexity index is 759. The van der Waals surface area contributed by atoms with Gasteiger partial charge < -0.3 is 4.90 Å². The van der Waals surface area contributed by atoms with Crippen LogP contribution in [-0.4, -0.2) is 41.9 Å². The number of carbonyl (C=O) groups excluding carboxylic acids is 1. The number of carbonyl (C=O) groups is 1. The number of likely N-dealkylation sites (tertiary alicyclic amines) is 1. The molecule has 0 aromatic heterocycles. The van der Waals surface area contributed by atoms with E-state index in [1.807, 2.05) is 0 Å². The second-order valence-corrected chi connectivity index (χ2v) is 7.78. The van der Waals surface area contributed by atoms with Crippen molar-refractivity contribution >= 4 is 16.7 Å². The fraction of sp³-hybridized carbons (Fsp3) is 0.500. The number of hydrogen-bond acceptors (Lipinski definition) is 2. The minimum atomic E-state index is 0.353. The van der Waals surface area contributed by atoms with Gasteiger partial charge in [-0.3, -0.25) is 9.69 Å². The number of benzene rings is 2. The Hall–Kier alpha value is -1.87. The van der Waals surface area contributed by atoms with Crippen LogP contribution in [0.25, 0.3) is 10.8 Å². The first kappa shape index (κ1) is 16.6. The van der Waals surface area contributed by atoms with Crippen LogP contribution >= 0.6 is 0 Å². The van der Waals surface area contributed by atoms with Gasteiger partial charge in [-0.15, -0.1) is 0 Å². The van der Waals surface area contributed by atoms with Gasteiger partial charge in [0.2, 0.25) is 5.91 Å². The molecule has 132 valence electrons. The van der Waals surface area contributed by atoms with Gasteiger partial charge in [-0.1, -0.05) is 36.4 Å². The van der Waals surface area contributed by atoms with E-state index in [4.69, 9.17) is 0 Å². The van der Waals surface area contributed by atoms with Gasteiger partial charge in [0.05, 0.1) is 0 Å². The average Bonchev–Trinajstić information content (AvgIpc) is 3.51. The van der Waals surface area contributed by atoms with Gasteiger partial charge in [-0.05, 0) is 62.1 Å². The molecule has 1 amide bonds. The lowest BCUT2D eigenvalue weighted by Crippen LogP contribution is -2.46. The maximum absolute atomic E-state index is 12.2. The molecule has 25 heavy (non-hydrogen) atoms. The van der Waals surface area contributed by atoms with Crippen LogP contribution in [0.4, 0.5) is 0 Å². The van der Waals surface area contributed by atoms with E-state index in [9.17, 15) is 4.79 Å². The standard InChI is InChI=1S/C22H28N2O/c1-16(19-10-7-17-5-3-4-6-20(17)15-19)23(2)21-11-13-24(14-12-21)22(25)18-8-9-18/h3-7,10,15-16,18,21H,8-9,11-14H2,1-2H3/t16-/m1/s1. The first-order chi connectivity index (χ1) is 12.1. The zero-order chi connectivity index (χ0) is 17.4. The molecule has 0 spiro atoms. The first-order valence-electron chi connectivity index (χ1n) is 9.63. The third-order valence-electron chi connectivity index (χ3n) is 6.15. The van der Waals surface area contributed by atoms with Crippen LogP contribution < -0.4 is 0 Å². The number of nitrogens with zero attached hydrogens (tertiary/aromatic N) is 2. The molecule has 1 aliphatic heterocycles. The van der Waals surface area contributed by atoms with Crippen molar-refractivity contribution in [3.05, 3.63) is 48.0 Å². The summed E-state index contributed by atoms with van der Waals surface area (Å²) in [5.74, 6) is 0.759. The second kappa shape index (κ2) is 6.80. The Balaban J connectivity index is 1.41. The van der Waals surface area contributed by atoms with E-state index in [0.717, 1.165) is 38.8 Å². The molecule has 0 unspecified atom stereocenters. The molecule has 1 aliphatic carbocycles. The molecule has 2 aliphatic rings. The zero-order valence-corrected chi connectivity index (χ0v) is 15.3. The van der Waals surface area contributed by atoms with Crippen molar-refractivity contribution in [2.45, 2.75) is 44.7 Å². The molecule has 1 heterocycles. The van der Waals surface area contributed by atoms with E-state index in [1.54, 1.807) is 0 Å². The Morgan fingerprint density at radius 3 is 2.40 bits per heavy atom. The lowest BCUT2D eigenvalue weighted by atomic mass is 9.97. The topological polar surface area (TPSA) is 23.6 Å². The zero-order valence-electron chi connectivity index (χ0n) is 15.3. The van der Waals surface area contributed by atoms with Gasteiger partial charge in [0.1, 0.15) is 0 Å². The molecule has 3 nitrogen and oxygen atoms in total. The molecule has 4 rings (SSSR count). The fourth-order valence-corrected chi connectivity index (χ4v) is 4.10. The van der Waals surface area contributed by atoms with E-state index >= 15 is 0 Å².